The molecule has 1 aromatic rings. The van der Waals surface area contributed by atoms with E-state index in [1.54, 1.807) is 0 Å². The van der Waals surface area contributed by atoms with Crippen LogP contribution >= 0.6 is 0 Å². The van der Waals surface area contributed by atoms with Gasteiger partial charge >= 0.3 is 0 Å². The smallest absolute Gasteiger partial charge is 0.253 e. The third kappa shape index (κ3) is 2.66. The van der Waals surface area contributed by atoms with Gasteiger partial charge in [-0.15, -0.1) is 0 Å². The number of ether oxygens (including phenoxy) is 1. The highest BCUT2D eigenvalue weighted by molar-refractivity contribution is 5.99. The molecule has 0 saturated carbocycles. The zero-order valence-electron chi connectivity index (χ0n) is 11.9. The van der Waals surface area contributed by atoms with E-state index in [0.717, 1.165) is 43.5 Å². The number of benzene rings is 1. The van der Waals surface area contributed by atoms with Crippen molar-refractivity contribution in [3.8, 4) is 0 Å². The maximum absolute atomic E-state index is 12.5. The van der Waals surface area contributed by atoms with Crippen molar-refractivity contribution in [2.45, 2.75) is 50.9 Å². The highest BCUT2D eigenvalue weighted by atomic mass is 16.5. The number of fused-ring (bicyclic) bond motifs is 2. The van der Waals surface area contributed by atoms with Gasteiger partial charge in [-0.05, 0) is 37.8 Å². The maximum atomic E-state index is 12.5. The lowest BCUT2D eigenvalue weighted by Gasteiger charge is -2.21. The van der Waals surface area contributed by atoms with Crippen LogP contribution in [0.3, 0.4) is 0 Å². The Balaban J connectivity index is 1.67. The van der Waals surface area contributed by atoms with E-state index in [-0.39, 0.29) is 18.1 Å². The van der Waals surface area contributed by atoms with Crippen molar-refractivity contribution in [1.82, 2.24) is 5.32 Å². The predicted octanol–water partition coefficient (Wildman–Crippen LogP) is 2.56. The topological polar surface area (TPSA) is 50.4 Å². The molecule has 0 spiro atoms. The summed E-state index contributed by atoms with van der Waals surface area (Å²) in [5, 5.41) is 6.45. The van der Waals surface area contributed by atoms with Crippen LogP contribution in [0, 0.1) is 0 Å². The van der Waals surface area contributed by atoms with Crippen LogP contribution in [0.5, 0.6) is 0 Å². The summed E-state index contributed by atoms with van der Waals surface area (Å²) in [7, 11) is 0. The average molecular weight is 274 g/mol. The van der Waals surface area contributed by atoms with Gasteiger partial charge in [-0.25, -0.2) is 0 Å². The molecule has 20 heavy (non-hydrogen) atoms. The van der Waals surface area contributed by atoms with Crippen LogP contribution in [0.2, 0.25) is 0 Å². The van der Waals surface area contributed by atoms with Crippen molar-refractivity contribution in [3.05, 3.63) is 29.8 Å². The summed E-state index contributed by atoms with van der Waals surface area (Å²) in [6.07, 6.45) is 4.80. The summed E-state index contributed by atoms with van der Waals surface area (Å²) in [5.74, 6) is 0.00496. The Hall–Kier alpha value is -1.55. The molecule has 0 aromatic heterocycles. The van der Waals surface area contributed by atoms with E-state index in [1.807, 2.05) is 24.3 Å². The molecule has 2 fully saturated rings. The van der Waals surface area contributed by atoms with Crippen molar-refractivity contribution < 1.29 is 9.53 Å². The highest BCUT2D eigenvalue weighted by Gasteiger charge is 2.41. The van der Waals surface area contributed by atoms with E-state index >= 15 is 0 Å². The Kier molecular flexibility index (Phi) is 3.92. The molecule has 1 amide bonds. The number of hydrogen-bond donors (Lipinski definition) is 2. The minimum atomic E-state index is 0.00496. The van der Waals surface area contributed by atoms with Crippen LogP contribution in [0.1, 0.15) is 43.0 Å². The summed E-state index contributed by atoms with van der Waals surface area (Å²) in [4.78, 5) is 12.5. The van der Waals surface area contributed by atoms with Crippen molar-refractivity contribution in [2.75, 3.05) is 11.9 Å². The minimum absolute atomic E-state index is 0.00496. The first kappa shape index (κ1) is 13.4. The van der Waals surface area contributed by atoms with Gasteiger partial charge in [0, 0.05) is 12.2 Å². The van der Waals surface area contributed by atoms with E-state index in [1.165, 1.54) is 0 Å². The van der Waals surface area contributed by atoms with Gasteiger partial charge in [0.1, 0.15) is 0 Å². The van der Waals surface area contributed by atoms with Gasteiger partial charge in [-0.2, -0.15) is 0 Å². The van der Waals surface area contributed by atoms with Gasteiger partial charge in [-0.3, -0.25) is 4.79 Å². The largest absolute Gasteiger partial charge is 0.384 e. The number of anilines is 1. The summed E-state index contributed by atoms with van der Waals surface area (Å²) >= 11 is 0. The average Bonchev–Trinajstić information content (AvgIpc) is 3.08. The summed E-state index contributed by atoms with van der Waals surface area (Å²) < 4.78 is 5.79. The van der Waals surface area contributed by atoms with E-state index in [4.69, 9.17) is 4.74 Å². The molecule has 2 heterocycles. The van der Waals surface area contributed by atoms with E-state index in [2.05, 4.69) is 17.6 Å². The summed E-state index contributed by atoms with van der Waals surface area (Å²) in [5.41, 5.74) is 1.64. The molecule has 0 radical (unpaired) electrons. The van der Waals surface area contributed by atoms with E-state index in [9.17, 15) is 4.79 Å². The molecule has 108 valence electrons. The van der Waals surface area contributed by atoms with Crippen molar-refractivity contribution in [1.29, 1.82) is 0 Å². The lowest BCUT2D eigenvalue weighted by Crippen LogP contribution is -2.41. The zero-order valence-corrected chi connectivity index (χ0v) is 11.9. The quantitative estimate of drug-likeness (QED) is 0.867. The monoisotopic (exact) mass is 274 g/mol. The number of rotatable bonds is 5. The second-order valence-corrected chi connectivity index (χ2v) is 5.66. The van der Waals surface area contributed by atoms with Crippen molar-refractivity contribution in [3.63, 3.8) is 0 Å². The Morgan fingerprint density at radius 1 is 1.35 bits per heavy atom. The van der Waals surface area contributed by atoms with E-state index < -0.39 is 0 Å². The molecule has 4 nitrogen and oxygen atoms in total. The Morgan fingerprint density at radius 3 is 2.90 bits per heavy atom. The summed E-state index contributed by atoms with van der Waals surface area (Å²) in [6.45, 7) is 2.99. The van der Waals surface area contributed by atoms with Crippen LogP contribution in [0.25, 0.3) is 0 Å². The van der Waals surface area contributed by atoms with Crippen LogP contribution in [0.15, 0.2) is 24.3 Å². The third-order valence-electron chi connectivity index (χ3n) is 4.16. The first-order valence-corrected chi connectivity index (χ1v) is 7.57. The molecular weight excluding hydrogens is 252 g/mol. The van der Waals surface area contributed by atoms with Gasteiger partial charge in [-0.1, -0.05) is 19.1 Å². The standard InChI is InChI=1S/C16H22N2O2/c1-2-9-17-13-6-4-3-5-12(13)16(19)18-14-10-11-7-8-15(14)20-11/h3-6,11,14-15,17H,2,7-10H2,1H3,(H,18,19). The second kappa shape index (κ2) is 5.83. The molecular formula is C16H22N2O2. The molecule has 2 aliphatic rings. The third-order valence-corrected chi connectivity index (χ3v) is 4.16. The molecule has 2 bridgehead atoms. The number of carbonyl (C=O) groups is 1. The van der Waals surface area contributed by atoms with Crippen LogP contribution in [-0.4, -0.2) is 30.7 Å². The minimum Gasteiger partial charge on any atom is -0.384 e. The van der Waals surface area contributed by atoms with E-state index in [0.29, 0.717) is 6.10 Å². The SMILES string of the molecule is CCCNc1ccccc1C(=O)NC1CC2CCC1O2. The number of nitrogens with one attached hydrogen (secondary N) is 2. The number of para-hydroxylation sites is 1. The van der Waals surface area contributed by atoms with Gasteiger partial charge in [0.25, 0.3) is 5.91 Å². The number of hydrogen-bond acceptors (Lipinski definition) is 3. The fourth-order valence-corrected chi connectivity index (χ4v) is 3.13. The molecule has 3 unspecified atom stereocenters. The normalized spacial score (nSPS) is 27.6. The van der Waals surface area contributed by atoms with Crippen LogP contribution < -0.4 is 10.6 Å². The fraction of sp³-hybridized carbons (Fsp3) is 0.562. The first-order valence-electron chi connectivity index (χ1n) is 7.57. The molecule has 2 saturated heterocycles. The molecule has 3 atom stereocenters. The molecule has 3 rings (SSSR count). The zero-order chi connectivity index (χ0) is 13.9. The Morgan fingerprint density at radius 2 is 2.20 bits per heavy atom. The molecule has 2 N–H and O–H groups in total. The lowest BCUT2D eigenvalue weighted by molar-refractivity contribution is 0.0841. The predicted molar refractivity (Wildman–Crippen MR) is 79.0 cm³/mol. The van der Waals surface area contributed by atoms with Gasteiger partial charge in [0.2, 0.25) is 0 Å². The maximum Gasteiger partial charge on any atom is 0.253 e. The van der Waals surface area contributed by atoms with Gasteiger partial charge in [0.15, 0.2) is 0 Å². The second-order valence-electron chi connectivity index (χ2n) is 5.66. The summed E-state index contributed by atoms with van der Waals surface area (Å²) in [6, 6.07) is 7.88. The van der Waals surface area contributed by atoms with Crippen LogP contribution in [0.4, 0.5) is 5.69 Å². The van der Waals surface area contributed by atoms with Gasteiger partial charge in [0.05, 0.1) is 23.8 Å². The number of carbonyl (C=O) groups excluding carboxylic acids is 1. The first-order chi connectivity index (χ1) is 9.78. The lowest BCUT2D eigenvalue weighted by atomic mass is 9.95. The molecule has 1 aromatic carbocycles. The Bertz CT molecular complexity index is 489. The fourth-order valence-electron chi connectivity index (χ4n) is 3.13. The Labute approximate surface area is 119 Å². The van der Waals surface area contributed by atoms with Crippen LogP contribution in [-0.2, 0) is 4.74 Å². The number of amides is 1. The highest BCUT2D eigenvalue weighted by Crippen LogP contribution is 2.34. The molecule has 2 aliphatic heterocycles. The van der Waals surface area contributed by atoms with Crippen molar-refractivity contribution in [2.24, 2.45) is 0 Å². The molecule has 4 heteroatoms. The molecule has 0 aliphatic carbocycles. The van der Waals surface area contributed by atoms with Gasteiger partial charge < -0.3 is 15.4 Å². The van der Waals surface area contributed by atoms with Crippen molar-refractivity contribution >= 4 is 11.6 Å².